The van der Waals surface area contributed by atoms with Crippen LogP contribution in [0.5, 0.6) is 0 Å². The number of amides is 2. The molecule has 9 nitrogen and oxygen atoms in total. The van der Waals surface area contributed by atoms with E-state index in [1.54, 1.807) is 23.4 Å². The molecule has 0 radical (unpaired) electrons. The summed E-state index contributed by atoms with van der Waals surface area (Å²) < 4.78 is 11.1. The molecule has 2 aromatic heterocycles. The molecule has 2 N–H and O–H groups in total. The lowest BCUT2D eigenvalue weighted by Gasteiger charge is -2.32. The first kappa shape index (κ1) is 33.1. The van der Waals surface area contributed by atoms with Gasteiger partial charge < -0.3 is 20.1 Å². The largest absolute Gasteiger partial charge is 0.444 e. The topological polar surface area (TPSA) is 106 Å². The Morgan fingerprint density at radius 1 is 0.750 bits per heavy atom. The Morgan fingerprint density at radius 3 is 1.59 bits per heavy atom. The van der Waals surface area contributed by atoms with Crippen molar-refractivity contribution in [2.24, 2.45) is 5.92 Å². The van der Waals surface area contributed by atoms with Gasteiger partial charge in [-0.3, -0.25) is 14.9 Å². The highest BCUT2D eigenvalue weighted by Gasteiger charge is 2.23. The molecule has 234 valence electrons. The van der Waals surface area contributed by atoms with Gasteiger partial charge in [-0.15, -0.1) is 22.7 Å². The minimum atomic E-state index is -0.464. The van der Waals surface area contributed by atoms with E-state index in [1.807, 2.05) is 36.4 Å². The van der Waals surface area contributed by atoms with Gasteiger partial charge in [0.2, 0.25) is 0 Å². The highest BCUT2D eigenvalue weighted by molar-refractivity contribution is 7.09. The van der Waals surface area contributed by atoms with Crippen LogP contribution < -0.4 is 10.6 Å². The monoisotopic (exact) mass is 635 g/mol. The molecule has 0 bridgehead atoms. The Hall–Kier alpha value is -3.80. The van der Waals surface area contributed by atoms with E-state index in [4.69, 9.17) is 9.47 Å². The second kappa shape index (κ2) is 18.1. The van der Waals surface area contributed by atoms with Crippen LogP contribution in [0, 0.1) is 5.92 Å². The Kier molecular flexibility index (Phi) is 13.6. The second-order valence-electron chi connectivity index (χ2n) is 11.1. The lowest BCUT2D eigenvalue weighted by Crippen LogP contribution is -2.50. The van der Waals surface area contributed by atoms with Crippen molar-refractivity contribution >= 4 is 34.9 Å². The van der Waals surface area contributed by atoms with E-state index < -0.39 is 12.2 Å². The van der Waals surface area contributed by atoms with Gasteiger partial charge in [-0.2, -0.15) is 0 Å². The van der Waals surface area contributed by atoms with Crippen LogP contribution in [0.1, 0.15) is 41.1 Å². The third-order valence-corrected chi connectivity index (χ3v) is 8.44. The van der Waals surface area contributed by atoms with E-state index in [-0.39, 0.29) is 25.3 Å². The summed E-state index contributed by atoms with van der Waals surface area (Å²) in [4.78, 5) is 38.0. The molecule has 4 rings (SSSR count). The summed E-state index contributed by atoms with van der Waals surface area (Å²) in [6, 6.07) is 19.8. The lowest BCUT2D eigenvalue weighted by molar-refractivity contribution is 0.126. The summed E-state index contributed by atoms with van der Waals surface area (Å²) in [6.45, 7) is 6.73. The van der Waals surface area contributed by atoms with Gasteiger partial charge in [0.15, 0.2) is 0 Å². The fourth-order valence-corrected chi connectivity index (χ4v) is 5.77. The van der Waals surface area contributed by atoms with Crippen molar-refractivity contribution in [1.82, 2.24) is 25.5 Å². The number of thiazole rings is 2. The Balaban J connectivity index is 1.47. The first-order valence-corrected chi connectivity index (χ1v) is 16.6. The standard InChI is InChI=1S/C33H41N5O4S2/c1-25(2)13-14-38(19-28(15-26-9-5-3-6-10-26)36-32(39)41-21-30-17-34-23-43-30)20-29(16-27-11-7-4-8-12-27)37-33(40)42-22-31-18-35-24-44-31/h3-12,17-18,23-25,28-29H,13-16,19-22H2,1-2H3,(H,36,39)(H,37,40)/t28-,29+. The number of nitrogens with zero attached hydrogens (tertiary/aromatic N) is 3. The number of carbonyl (C=O) groups is 2. The summed E-state index contributed by atoms with van der Waals surface area (Å²) >= 11 is 2.90. The van der Waals surface area contributed by atoms with Gasteiger partial charge in [0.1, 0.15) is 13.2 Å². The van der Waals surface area contributed by atoms with Gasteiger partial charge in [0.05, 0.1) is 20.8 Å². The zero-order valence-corrected chi connectivity index (χ0v) is 26.9. The minimum Gasteiger partial charge on any atom is -0.444 e. The van der Waals surface area contributed by atoms with Gasteiger partial charge in [-0.25, -0.2) is 9.59 Å². The van der Waals surface area contributed by atoms with E-state index in [0.717, 1.165) is 33.8 Å². The molecule has 0 aliphatic rings. The van der Waals surface area contributed by atoms with Crippen LogP contribution in [0.2, 0.25) is 0 Å². The van der Waals surface area contributed by atoms with E-state index in [2.05, 4.69) is 63.6 Å². The summed E-state index contributed by atoms with van der Waals surface area (Å²) in [7, 11) is 0. The zero-order valence-electron chi connectivity index (χ0n) is 25.3. The van der Waals surface area contributed by atoms with Crippen molar-refractivity contribution in [2.75, 3.05) is 19.6 Å². The molecule has 0 fully saturated rings. The van der Waals surface area contributed by atoms with Crippen molar-refractivity contribution < 1.29 is 19.1 Å². The third kappa shape index (κ3) is 12.4. The van der Waals surface area contributed by atoms with Crippen LogP contribution in [0.15, 0.2) is 84.1 Å². The van der Waals surface area contributed by atoms with Gasteiger partial charge in [-0.05, 0) is 42.9 Å². The maximum absolute atomic E-state index is 12.9. The molecule has 0 spiro atoms. The predicted molar refractivity (Wildman–Crippen MR) is 175 cm³/mol. The van der Waals surface area contributed by atoms with Crippen LogP contribution >= 0.6 is 22.7 Å². The van der Waals surface area contributed by atoms with Crippen LogP contribution in [0.3, 0.4) is 0 Å². The number of nitrogens with one attached hydrogen (secondary N) is 2. The van der Waals surface area contributed by atoms with Crippen molar-refractivity contribution in [3.05, 3.63) is 105 Å². The van der Waals surface area contributed by atoms with Crippen molar-refractivity contribution in [3.8, 4) is 0 Å². The maximum atomic E-state index is 12.9. The molecule has 2 amide bonds. The first-order chi connectivity index (χ1) is 21.4. The number of carbonyl (C=O) groups excluding carboxylic acids is 2. The Morgan fingerprint density at radius 2 is 1.20 bits per heavy atom. The SMILES string of the molecule is CC(C)CCN(C[C@@H](Cc1ccccc1)NC(=O)OCc1cncs1)C[C@H](Cc1ccccc1)NC(=O)OCc1cncs1. The van der Waals surface area contributed by atoms with E-state index in [9.17, 15) is 9.59 Å². The van der Waals surface area contributed by atoms with Gasteiger partial charge >= 0.3 is 12.2 Å². The number of alkyl carbamates (subject to hydrolysis) is 2. The number of hydrogen-bond acceptors (Lipinski definition) is 9. The lowest BCUT2D eigenvalue weighted by atomic mass is 10.0. The quantitative estimate of drug-likeness (QED) is 0.140. The first-order valence-electron chi connectivity index (χ1n) is 14.8. The molecule has 2 atom stereocenters. The number of ether oxygens (including phenoxy) is 2. The molecule has 0 aliphatic heterocycles. The Bertz CT molecular complexity index is 1260. The average molecular weight is 636 g/mol. The molecule has 4 aromatic rings. The molecule has 0 saturated carbocycles. The molecule has 2 aromatic carbocycles. The highest BCUT2D eigenvalue weighted by atomic mass is 32.1. The summed E-state index contributed by atoms with van der Waals surface area (Å²) in [5.74, 6) is 0.493. The van der Waals surface area contributed by atoms with Crippen LogP contribution in [-0.4, -0.2) is 58.8 Å². The van der Waals surface area contributed by atoms with Crippen molar-refractivity contribution in [3.63, 3.8) is 0 Å². The number of rotatable bonds is 17. The Labute approximate surface area is 267 Å². The molecule has 0 unspecified atom stereocenters. The normalized spacial score (nSPS) is 12.5. The van der Waals surface area contributed by atoms with Crippen LogP contribution in [0.4, 0.5) is 9.59 Å². The molecule has 0 saturated heterocycles. The van der Waals surface area contributed by atoms with Crippen molar-refractivity contribution in [2.45, 2.75) is 58.4 Å². The van der Waals surface area contributed by atoms with E-state index in [1.165, 1.54) is 22.7 Å². The molecule has 44 heavy (non-hydrogen) atoms. The maximum Gasteiger partial charge on any atom is 0.407 e. The van der Waals surface area contributed by atoms with Crippen molar-refractivity contribution in [1.29, 1.82) is 0 Å². The second-order valence-corrected chi connectivity index (χ2v) is 13.0. The van der Waals surface area contributed by atoms with Crippen LogP contribution in [0.25, 0.3) is 0 Å². The number of hydrogen-bond donors (Lipinski definition) is 2. The molecule has 2 heterocycles. The number of benzene rings is 2. The smallest absolute Gasteiger partial charge is 0.407 e. The third-order valence-electron chi connectivity index (χ3n) is 6.93. The molecular weight excluding hydrogens is 595 g/mol. The zero-order chi connectivity index (χ0) is 31.0. The summed E-state index contributed by atoms with van der Waals surface area (Å²) in [5, 5.41) is 6.22. The van der Waals surface area contributed by atoms with Gasteiger partial charge in [-0.1, -0.05) is 74.5 Å². The number of aromatic nitrogens is 2. The average Bonchev–Trinajstić information content (AvgIpc) is 3.74. The van der Waals surface area contributed by atoms with Crippen LogP contribution in [-0.2, 0) is 35.5 Å². The predicted octanol–water partition coefficient (Wildman–Crippen LogP) is 6.32. The van der Waals surface area contributed by atoms with E-state index in [0.29, 0.717) is 31.8 Å². The summed E-state index contributed by atoms with van der Waals surface area (Å²) in [5.41, 5.74) is 5.68. The fourth-order valence-electron chi connectivity index (χ4n) is 4.76. The fraction of sp³-hybridized carbons (Fsp3) is 0.394. The minimum absolute atomic E-state index is 0.179. The molecule has 11 heteroatoms. The van der Waals surface area contributed by atoms with Gasteiger partial charge in [0.25, 0.3) is 0 Å². The highest BCUT2D eigenvalue weighted by Crippen LogP contribution is 2.13. The van der Waals surface area contributed by atoms with E-state index >= 15 is 0 Å². The van der Waals surface area contributed by atoms with Gasteiger partial charge in [0, 0.05) is 37.6 Å². The summed E-state index contributed by atoms with van der Waals surface area (Å²) in [6.07, 6.45) is 4.74. The molecule has 0 aliphatic carbocycles. The molecular formula is C33H41N5O4S2.